The summed E-state index contributed by atoms with van der Waals surface area (Å²) in [5.41, 5.74) is 0.525. The van der Waals surface area contributed by atoms with Crippen molar-refractivity contribution < 1.29 is 23.9 Å². The van der Waals surface area contributed by atoms with Crippen molar-refractivity contribution in [3.8, 4) is 0 Å². The molecule has 1 rings (SSSR count). The number of methoxy groups -OCH3 is 2. The summed E-state index contributed by atoms with van der Waals surface area (Å²) in [7, 11) is 2.27. The standard InChI is InChI=1S/C13H19NO5/c1-8-6-13(2,3)7-14(8)9(11(16)18-4)10(15)12(17)19-5/h9H,1,6-7H2,2-5H3. The van der Waals surface area contributed by atoms with Crippen LogP contribution in [0.2, 0.25) is 0 Å². The third kappa shape index (κ3) is 3.13. The number of ketones is 1. The van der Waals surface area contributed by atoms with Gasteiger partial charge in [-0.2, -0.15) is 0 Å². The summed E-state index contributed by atoms with van der Waals surface area (Å²) in [6.07, 6.45) is 0.648. The van der Waals surface area contributed by atoms with Crippen molar-refractivity contribution in [2.24, 2.45) is 5.41 Å². The van der Waals surface area contributed by atoms with Gasteiger partial charge in [0.2, 0.25) is 0 Å². The minimum absolute atomic E-state index is 0.111. The fourth-order valence-electron chi connectivity index (χ4n) is 2.26. The SMILES string of the molecule is C=C1CC(C)(C)CN1C(C(=O)OC)C(=O)C(=O)OC. The van der Waals surface area contributed by atoms with Gasteiger partial charge in [0.25, 0.3) is 5.78 Å². The monoisotopic (exact) mass is 269 g/mol. The smallest absolute Gasteiger partial charge is 0.377 e. The molecule has 0 amide bonds. The minimum Gasteiger partial charge on any atom is -0.467 e. The highest BCUT2D eigenvalue weighted by Gasteiger charge is 2.44. The molecule has 0 aromatic rings. The molecule has 106 valence electrons. The maximum absolute atomic E-state index is 12.0. The first-order valence-corrected chi connectivity index (χ1v) is 5.88. The predicted molar refractivity (Wildman–Crippen MR) is 67.1 cm³/mol. The van der Waals surface area contributed by atoms with E-state index in [0.29, 0.717) is 18.7 Å². The number of likely N-dealkylation sites (tertiary alicyclic amines) is 1. The average molecular weight is 269 g/mol. The lowest BCUT2D eigenvalue weighted by Gasteiger charge is -2.27. The lowest BCUT2D eigenvalue weighted by molar-refractivity contribution is -0.160. The third-order valence-electron chi connectivity index (χ3n) is 3.06. The molecule has 0 spiro atoms. The summed E-state index contributed by atoms with van der Waals surface area (Å²) in [4.78, 5) is 36.6. The molecule has 0 N–H and O–H groups in total. The van der Waals surface area contributed by atoms with Crippen LogP contribution in [-0.4, -0.2) is 49.4 Å². The predicted octanol–water partition coefficient (Wildman–Crippen LogP) is 0.516. The summed E-state index contributed by atoms with van der Waals surface area (Å²) in [5, 5.41) is 0. The molecule has 1 unspecified atom stereocenters. The molecule has 1 heterocycles. The van der Waals surface area contributed by atoms with Crippen LogP contribution in [0.3, 0.4) is 0 Å². The first-order valence-electron chi connectivity index (χ1n) is 5.88. The van der Waals surface area contributed by atoms with Crippen molar-refractivity contribution >= 4 is 17.7 Å². The Bertz CT molecular complexity index is 427. The summed E-state index contributed by atoms with van der Waals surface area (Å²) >= 11 is 0. The van der Waals surface area contributed by atoms with E-state index in [2.05, 4.69) is 16.1 Å². The number of hydrogen-bond donors (Lipinski definition) is 0. The number of carbonyl (C=O) groups is 3. The molecule has 1 aliphatic heterocycles. The maximum atomic E-state index is 12.0. The van der Waals surface area contributed by atoms with E-state index in [0.717, 1.165) is 7.11 Å². The average Bonchev–Trinajstić information content (AvgIpc) is 2.61. The van der Waals surface area contributed by atoms with Crippen LogP contribution in [-0.2, 0) is 23.9 Å². The van der Waals surface area contributed by atoms with Gasteiger partial charge in [-0.05, 0) is 11.8 Å². The molecular weight excluding hydrogens is 250 g/mol. The van der Waals surface area contributed by atoms with Crippen LogP contribution in [0.4, 0.5) is 0 Å². The zero-order chi connectivity index (χ0) is 14.8. The van der Waals surface area contributed by atoms with Crippen molar-refractivity contribution in [3.05, 3.63) is 12.3 Å². The fourth-order valence-corrected chi connectivity index (χ4v) is 2.26. The molecule has 0 aromatic heterocycles. The van der Waals surface area contributed by atoms with Gasteiger partial charge in [-0.15, -0.1) is 0 Å². The Labute approximate surface area is 112 Å². The van der Waals surface area contributed by atoms with Crippen molar-refractivity contribution in [1.29, 1.82) is 0 Å². The quantitative estimate of drug-likeness (QED) is 0.421. The number of allylic oxidation sites excluding steroid dienone is 1. The van der Waals surface area contributed by atoms with E-state index in [1.807, 2.05) is 13.8 Å². The number of rotatable bonds is 4. The second kappa shape index (κ2) is 5.42. The van der Waals surface area contributed by atoms with Gasteiger partial charge in [0.05, 0.1) is 14.2 Å². The Morgan fingerprint density at radius 1 is 1.26 bits per heavy atom. The van der Waals surface area contributed by atoms with E-state index in [9.17, 15) is 14.4 Å². The highest BCUT2D eigenvalue weighted by atomic mass is 16.5. The highest BCUT2D eigenvalue weighted by molar-refractivity contribution is 6.39. The molecule has 0 radical (unpaired) electrons. The van der Waals surface area contributed by atoms with Crippen LogP contribution >= 0.6 is 0 Å². The lowest BCUT2D eigenvalue weighted by Crippen LogP contribution is -2.49. The molecule has 1 saturated heterocycles. The molecule has 6 heteroatoms. The summed E-state index contributed by atoms with van der Waals surface area (Å²) in [6, 6.07) is -1.31. The Morgan fingerprint density at radius 2 is 1.84 bits per heavy atom. The van der Waals surface area contributed by atoms with E-state index in [-0.39, 0.29) is 5.41 Å². The number of esters is 2. The number of carbonyl (C=O) groups excluding carboxylic acids is 3. The summed E-state index contributed by atoms with van der Waals surface area (Å²) in [5.74, 6) is -2.78. The maximum Gasteiger partial charge on any atom is 0.377 e. The molecule has 19 heavy (non-hydrogen) atoms. The van der Waals surface area contributed by atoms with Gasteiger partial charge in [-0.3, -0.25) is 4.79 Å². The molecule has 1 fully saturated rings. The van der Waals surface area contributed by atoms with E-state index < -0.39 is 23.8 Å². The second-order valence-corrected chi connectivity index (χ2v) is 5.32. The molecule has 1 aliphatic rings. The van der Waals surface area contributed by atoms with E-state index in [1.54, 1.807) is 0 Å². The van der Waals surface area contributed by atoms with Gasteiger partial charge in [0, 0.05) is 12.2 Å². The van der Waals surface area contributed by atoms with Crippen LogP contribution in [0.5, 0.6) is 0 Å². The zero-order valence-corrected chi connectivity index (χ0v) is 11.7. The molecule has 0 aliphatic carbocycles. The van der Waals surface area contributed by atoms with Crippen LogP contribution in [0.25, 0.3) is 0 Å². The molecule has 0 saturated carbocycles. The van der Waals surface area contributed by atoms with Crippen molar-refractivity contribution in [3.63, 3.8) is 0 Å². The van der Waals surface area contributed by atoms with Crippen LogP contribution in [0, 0.1) is 5.41 Å². The van der Waals surface area contributed by atoms with Crippen molar-refractivity contribution in [2.75, 3.05) is 20.8 Å². The number of ether oxygens (including phenoxy) is 2. The van der Waals surface area contributed by atoms with E-state index in [1.165, 1.54) is 12.0 Å². The largest absolute Gasteiger partial charge is 0.467 e. The Hall–Kier alpha value is -1.85. The second-order valence-electron chi connectivity index (χ2n) is 5.32. The highest BCUT2D eigenvalue weighted by Crippen LogP contribution is 2.37. The number of Topliss-reactive ketones (excluding diaryl/α,β-unsaturated/α-hetero) is 1. The van der Waals surface area contributed by atoms with Gasteiger partial charge in [-0.1, -0.05) is 20.4 Å². The third-order valence-corrected chi connectivity index (χ3v) is 3.06. The molecule has 1 atom stereocenters. The minimum atomic E-state index is -1.31. The Morgan fingerprint density at radius 3 is 2.21 bits per heavy atom. The van der Waals surface area contributed by atoms with Crippen molar-refractivity contribution in [1.82, 2.24) is 4.90 Å². The topological polar surface area (TPSA) is 72.9 Å². The zero-order valence-electron chi connectivity index (χ0n) is 11.7. The molecule has 0 bridgehead atoms. The van der Waals surface area contributed by atoms with Crippen molar-refractivity contribution in [2.45, 2.75) is 26.3 Å². The van der Waals surface area contributed by atoms with Crippen LogP contribution < -0.4 is 0 Å². The Balaban J connectivity index is 3.06. The Kier molecular flexibility index (Phi) is 4.34. The number of hydrogen-bond acceptors (Lipinski definition) is 6. The van der Waals surface area contributed by atoms with Crippen LogP contribution in [0.1, 0.15) is 20.3 Å². The molecule has 6 nitrogen and oxygen atoms in total. The lowest BCUT2D eigenvalue weighted by atomic mass is 9.92. The van der Waals surface area contributed by atoms with Gasteiger partial charge in [0.1, 0.15) is 0 Å². The summed E-state index contributed by atoms with van der Waals surface area (Å²) < 4.78 is 8.99. The van der Waals surface area contributed by atoms with Gasteiger partial charge < -0.3 is 14.4 Å². The first-order chi connectivity index (χ1) is 8.73. The molecule has 0 aromatic carbocycles. The fraction of sp³-hybridized carbons (Fsp3) is 0.615. The van der Waals surface area contributed by atoms with Gasteiger partial charge >= 0.3 is 11.9 Å². The normalized spacial score (nSPS) is 18.9. The van der Waals surface area contributed by atoms with Gasteiger partial charge in [0.15, 0.2) is 6.04 Å². The van der Waals surface area contributed by atoms with Crippen LogP contribution in [0.15, 0.2) is 12.3 Å². The molecular formula is C13H19NO5. The first kappa shape index (κ1) is 15.2. The number of nitrogens with zero attached hydrogens (tertiary/aromatic N) is 1. The summed E-state index contributed by atoms with van der Waals surface area (Å²) in [6.45, 7) is 8.29. The van der Waals surface area contributed by atoms with E-state index >= 15 is 0 Å². The van der Waals surface area contributed by atoms with Gasteiger partial charge in [-0.25, -0.2) is 9.59 Å². The van der Waals surface area contributed by atoms with E-state index in [4.69, 9.17) is 0 Å².